The van der Waals surface area contributed by atoms with Gasteiger partial charge >= 0.3 is 0 Å². The van der Waals surface area contributed by atoms with Crippen molar-refractivity contribution in [1.82, 2.24) is 4.98 Å². The van der Waals surface area contributed by atoms with Crippen LogP contribution < -0.4 is 10.5 Å². The molecule has 156 valence electrons. The van der Waals surface area contributed by atoms with Gasteiger partial charge in [0.1, 0.15) is 18.1 Å². The zero-order valence-electron chi connectivity index (χ0n) is 16.6. The summed E-state index contributed by atoms with van der Waals surface area (Å²) >= 11 is 0. The lowest BCUT2D eigenvalue weighted by Crippen LogP contribution is -2.43. The Bertz CT molecular complexity index is 728. The molecule has 1 aromatic rings. The maximum absolute atomic E-state index is 13.5. The fraction of sp³-hybridized carbons (Fsp3) is 0.500. The molecule has 0 unspecified atom stereocenters. The van der Waals surface area contributed by atoms with E-state index in [9.17, 15) is 17.6 Å². The quantitative estimate of drug-likeness (QED) is 0.324. The maximum atomic E-state index is 13.5. The number of hydrogen-bond donors (Lipinski definition) is 1. The van der Waals surface area contributed by atoms with Crippen LogP contribution in [0.2, 0.25) is 0 Å². The highest BCUT2D eigenvalue weighted by atomic mass is 19.3. The number of alkyl halides is 4. The molecule has 2 N–H and O–H groups in total. The number of ether oxygens (including phenoxy) is 1. The second-order valence-electron chi connectivity index (χ2n) is 7.22. The Morgan fingerprint density at radius 2 is 2.00 bits per heavy atom. The molecule has 1 atom stereocenters. The van der Waals surface area contributed by atoms with Crippen LogP contribution in [-0.4, -0.2) is 30.3 Å². The molecule has 0 aliphatic carbocycles. The average molecular weight is 401 g/mol. The van der Waals surface area contributed by atoms with Crippen molar-refractivity contribution < 1.29 is 22.3 Å². The average Bonchev–Trinajstić information content (AvgIpc) is 2.59. The number of pyridine rings is 1. The summed E-state index contributed by atoms with van der Waals surface area (Å²) in [6.07, 6.45) is -1.32. The monoisotopic (exact) mass is 401 g/mol. The lowest BCUT2D eigenvalue weighted by Gasteiger charge is -2.27. The van der Waals surface area contributed by atoms with Crippen LogP contribution in [0.25, 0.3) is 5.57 Å². The lowest BCUT2D eigenvalue weighted by molar-refractivity contribution is 0.139. The molecule has 1 heterocycles. The maximum Gasteiger partial charge on any atom is 0.280 e. The fourth-order valence-corrected chi connectivity index (χ4v) is 2.78. The van der Waals surface area contributed by atoms with Crippen LogP contribution >= 0.6 is 0 Å². The third-order valence-corrected chi connectivity index (χ3v) is 3.88. The van der Waals surface area contributed by atoms with E-state index in [-0.39, 0.29) is 29.2 Å². The zero-order valence-corrected chi connectivity index (χ0v) is 16.6. The molecule has 0 radical (unpaired) electrons. The molecule has 0 saturated carbocycles. The van der Waals surface area contributed by atoms with E-state index in [1.165, 1.54) is 6.08 Å². The van der Waals surface area contributed by atoms with Crippen molar-refractivity contribution in [1.29, 1.82) is 0 Å². The summed E-state index contributed by atoms with van der Waals surface area (Å²) in [5.74, 6) is 0.231. The van der Waals surface area contributed by atoms with Gasteiger partial charge in [-0.05, 0) is 50.6 Å². The smallest absolute Gasteiger partial charge is 0.280 e. The molecular formula is C20H27F4N3O. The van der Waals surface area contributed by atoms with Crippen molar-refractivity contribution in [2.24, 2.45) is 16.6 Å². The van der Waals surface area contributed by atoms with Crippen molar-refractivity contribution in [2.45, 2.75) is 52.5 Å². The van der Waals surface area contributed by atoms with Gasteiger partial charge in [-0.2, -0.15) is 0 Å². The number of allylic oxidation sites excluding steroid dienone is 4. The van der Waals surface area contributed by atoms with E-state index >= 15 is 0 Å². The standard InChI is InChI=1S/C20H27F4N3O/c1-6-13(7-16(26-5)19(23)24)15-8-14(18(21)22)17(10-27-15)28-11-20(4,25)9-12(2)3/h6-8,10,12,18-19H,5,9,11,25H2,1-4H3/b13-6+,16-7-/t20-/m0/s1. The van der Waals surface area contributed by atoms with Crippen molar-refractivity contribution >= 4 is 12.3 Å². The van der Waals surface area contributed by atoms with Gasteiger partial charge in [0.2, 0.25) is 0 Å². The SMILES string of the molecule is C=N/C(=C\C(=C/C)c1cc(C(F)F)c(OC[C@@](C)(N)CC(C)C)cn1)C(F)F. The van der Waals surface area contributed by atoms with Crippen molar-refractivity contribution in [2.75, 3.05) is 6.61 Å². The third kappa shape index (κ3) is 7.07. The van der Waals surface area contributed by atoms with Crippen LogP contribution in [0.1, 0.15) is 51.8 Å². The lowest BCUT2D eigenvalue weighted by atomic mass is 9.93. The molecule has 0 aromatic carbocycles. The molecule has 0 bridgehead atoms. The van der Waals surface area contributed by atoms with Gasteiger partial charge in [-0.25, -0.2) is 17.6 Å². The molecule has 0 saturated heterocycles. The number of nitrogens with two attached hydrogens (primary N) is 1. The fourth-order valence-electron chi connectivity index (χ4n) is 2.78. The van der Waals surface area contributed by atoms with E-state index < -0.39 is 24.1 Å². The second-order valence-corrected chi connectivity index (χ2v) is 7.22. The number of nitrogens with zero attached hydrogens (tertiary/aromatic N) is 2. The third-order valence-electron chi connectivity index (χ3n) is 3.88. The predicted octanol–water partition coefficient (Wildman–Crippen LogP) is 5.41. The summed E-state index contributed by atoms with van der Waals surface area (Å²) in [5, 5.41) is 0. The number of aliphatic imine (C=N–C) groups is 1. The highest BCUT2D eigenvalue weighted by molar-refractivity contribution is 5.73. The van der Waals surface area contributed by atoms with Gasteiger partial charge in [-0.1, -0.05) is 19.9 Å². The van der Waals surface area contributed by atoms with Gasteiger partial charge in [0.05, 0.1) is 17.5 Å². The summed E-state index contributed by atoms with van der Waals surface area (Å²) in [7, 11) is 0. The molecule has 0 aliphatic rings. The normalized spacial score (nSPS) is 15.3. The van der Waals surface area contributed by atoms with E-state index in [2.05, 4.69) is 16.7 Å². The second kappa shape index (κ2) is 10.4. The van der Waals surface area contributed by atoms with Crippen LogP contribution in [0, 0.1) is 5.92 Å². The summed E-state index contributed by atoms with van der Waals surface area (Å²) in [4.78, 5) is 7.34. The van der Waals surface area contributed by atoms with Gasteiger partial charge in [-0.15, -0.1) is 0 Å². The summed E-state index contributed by atoms with van der Waals surface area (Å²) < 4.78 is 58.4. The van der Waals surface area contributed by atoms with Gasteiger partial charge in [0.25, 0.3) is 12.9 Å². The molecule has 4 nitrogen and oxygen atoms in total. The first-order valence-electron chi connectivity index (χ1n) is 8.83. The Kier molecular flexibility index (Phi) is 8.81. The Hall–Kier alpha value is -2.22. The van der Waals surface area contributed by atoms with Crippen LogP contribution in [-0.2, 0) is 0 Å². The first-order valence-corrected chi connectivity index (χ1v) is 8.83. The van der Waals surface area contributed by atoms with E-state index in [4.69, 9.17) is 10.5 Å². The van der Waals surface area contributed by atoms with Gasteiger partial charge < -0.3 is 10.5 Å². The van der Waals surface area contributed by atoms with Gasteiger partial charge in [0, 0.05) is 5.54 Å². The van der Waals surface area contributed by atoms with E-state index in [1.807, 2.05) is 13.8 Å². The topological polar surface area (TPSA) is 60.5 Å². The minimum absolute atomic E-state index is 0.0399. The summed E-state index contributed by atoms with van der Waals surface area (Å²) in [6, 6.07) is 1.12. The molecule has 8 heteroatoms. The molecule has 1 rings (SSSR count). The molecule has 1 aromatic heterocycles. The zero-order chi connectivity index (χ0) is 21.5. The summed E-state index contributed by atoms with van der Waals surface area (Å²) in [5.41, 5.74) is 4.83. The number of aromatic nitrogens is 1. The Morgan fingerprint density at radius 1 is 1.36 bits per heavy atom. The van der Waals surface area contributed by atoms with Crippen molar-refractivity contribution in [3.05, 3.63) is 41.4 Å². The first kappa shape index (κ1) is 23.8. The first-order chi connectivity index (χ1) is 13.0. The molecule has 28 heavy (non-hydrogen) atoms. The Balaban J connectivity index is 3.18. The molecule has 0 amide bonds. The highest BCUT2D eigenvalue weighted by Gasteiger charge is 2.24. The Labute approximate surface area is 163 Å². The summed E-state index contributed by atoms with van der Waals surface area (Å²) in [6.45, 7) is 10.5. The number of halogens is 4. The van der Waals surface area contributed by atoms with Crippen LogP contribution in [0.4, 0.5) is 17.6 Å². The minimum atomic E-state index is -2.84. The van der Waals surface area contributed by atoms with Crippen LogP contribution in [0.3, 0.4) is 0 Å². The highest BCUT2D eigenvalue weighted by Crippen LogP contribution is 2.32. The van der Waals surface area contributed by atoms with Crippen molar-refractivity contribution in [3.8, 4) is 5.75 Å². The van der Waals surface area contributed by atoms with E-state index in [0.717, 1.165) is 18.3 Å². The molecule has 0 fully saturated rings. The molecule has 0 spiro atoms. The molecular weight excluding hydrogens is 374 g/mol. The van der Waals surface area contributed by atoms with Crippen molar-refractivity contribution in [3.63, 3.8) is 0 Å². The van der Waals surface area contributed by atoms with Gasteiger partial charge in [-0.3, -0.25) is 9.98 Å². The van der Waals surface area contributed by atoms with E-state index in [1.54, 1.807) is 13.8 Å². The van der Waals surface area contributed by atoms with Crippen LogP contribution in [0.5, 0.6) is 5.75 Å². The predicted molar refractivity (Wildman–Crippen MR) is 104 cm³/mol. The van der Waals surface area contributed by atoms with Crippen LogP contribution in [0.15, 0.2) is 35.1 Å². The number of hydrogen-bond acceptors (Lipinski definition) is 4. The largest absolute Gasteiger partial charge is 0.490 e. The van der Waals surface area contributed by atoms with Gasteiger partial charge in [0.15, 0.2) is 0 Å². The minimum Gasteiger partial charge on any atom is -0.490 e. The molecule has 0 aliphatic heterocycles. The van der Waals surface area contributed by atoms with E-state index in [0.29, 0.717) is 12.3 Å². The Morgan fingerprint density at radius 3 is 2.46 bits per heavy atom. The number of rotatable bonds is 10.